The molecular weight excluding hydrogens is 379 g/mol. The van der Waals surface area contributed by atoms with Gasteiger partial charge in [0.25, 0.3) is 0 Å². The minimum absolute atomic E-state index is 0.191. The zero-order valence-corrected chi connectivity index (χ0v) is 16.0. The summed E-state index contributed by atoms with van der Waals surface area (Å²) in [7, 11) is 1.57. The summed E-state index contributed by atoms with van der Waals surface area (Å²) in [6.45, 7) is 1.84. The van der Waals surface area contributed by atoms with Gasteiger partial charge in [0.15, 0.2) is 0 Å². The molecule has 0 fully saturated rings. The van der Waals surface area contributed by atoms with E-state index in [0.717, 1.165) is 5.56 Å². The van der Waals surface area contributed by atoms with E-state index < -0.39 is 0 Å². The number of hydrogen-bond acceptors (Lipinski definition) is 3. The molecule has 0 atom stereocenters. The van der Waals surface area contributed by atoms with E-state index in [1.807, 2.05) is 6.92 Å². The lowest BCUT2D eigenvalue weighted by atomic mass is 9.97. The molecule has 0 saturated heterocycles. The fourth-order valence-electron chi connectivity index (χ4n) is 3.28. The number of aryl methyl sites for hydroxylation is 1. The molecule has 3 nitrogen and oxygen atoms in total. The highest BCUT2D eigenvalue weighted by Gasteiger charge is 2.20. The second kappa shape index (κ2) is 7.13. The lowest BCUT2D eigenvalue weighted by Gasteiger charge is -2.13. The SMILES string of the molecule is COc1ccc2c(=O)c(-c3ccc(F)cc3)c(-c3ccc(Cl)cc3)oc2c1C. The molecule has 0 radical (unpaired) electrons. The van der Waals surface area contributed by atoms with Crippen molar-refractivity contribution in [2.24, 2.45) is 0 Å². The molecule has 140 valence electrons. The van der Waals surface area contributed by atoms with Crippen molar-refractivity contribution in [3.8, 4) is 28.2 Å². The Hall–Kier alpha value is -3.11. The van der Waals surface area contributed by atoms with Crippen molar-refractivity contribution in [1.82, 2.24) is 0 Å². The van der Waals surface area contributed by atoms with Crippen LogP contribution in [0.5, 0.6) is 5.75 Å². The van der Waals surface area contributed by atoms with Gasteiger partial charge in [-0.05, 0) is 61.0 Å². The number of methoxy groups -OCH3 is 1. The van der Waals surface area contributed by atoms with Crippen LogP contribution in [0.4, 0.5) is 4.39 Å². The van der Waals surface area contributed by atoms with Crippen molar-refractivity contribution >= 4 is 22.6 Å². The Bertz CT molecular complexity index is 1230. The molecule has 0 amide bonds. The minimum Gasteiger partial charge on any atom is -0.496 e. The van der Waals surface area contributed by atoms with Crippen molar-refractivity contribution in [1.29, 1.82) is 0 Å². The largest absolute Gasteiger partial charge is 0.496 e. The first-order valence-electron chi connectivity index (χ1n) is 8.66. The third kappa shape index (κ3) is 3.06. The van der Waals surface area contributed by atoms with Crippen LogP contribution in [0.25, 0.3) is 33.4 Å². The van der Waals surface area contributed by atoms with E-state index in [2.05, 4.69) is 0 Å². The second-order valence-electron chi connectivity index (χ2n) is 6.42. The highest BCUT2D eigenvalue weighted by molar-refractivity contribution is 6.30. The number of hydrogen-bond donors (Lipinski definition) is 0. The van der Waals surface area contributed by atoms with Gasteiger partial charge in [-0.2, -0.15) is 0 Å². The molecule has 0 bridgehead atoms. The van der Waals surface area contributed by atoms with Crippen LogP contribution < -0.4 is 10.2 Å². The first kappa shape index (κ1) is 18.3. The van der Waals surface area contributed by atoms with Crippen LogP contribution >= 0.6 is 11.6 Å². The molecule has 0 N–H and O–H groups in total. The number of halogens is 2. The molecular formula is C23H16ClFO3. The van der Waals surface area contributed by atoms with Crippen LogP contribution in [0.15, 0.2) is 69.9 Å². The smallest absolute Gasteiger partial charge is 0.201 e. The Kier molecular flexibility index (Phi) is 4.65. The molecule has 4 rings (SSSR count). The fourth-order valence-corrected chi connectivity index (χ4v) is 3.41. The van der Waals surface area contributed by atoms with Gasteiger partial charge in [-0.15, -0.1) is 0 Å². The molecule has 4 aromatic rings. The van der Waals surface area contributed by atoms with Crippen LogP contribution in [0.1, 0.15) is 5.56 Å². The highest BCUT2D eigenvalue weighted by Crippen LogP contribution is 2.35. The molecule has 5 heteroatoms. The summed E-state index contributed by atoms with van der Waals surface area (Å²) in [4.78, 5) is 13.4. The summed E-state index contributed by atoms with van der Waals surface area (Å²) in [6, 6.07) is 16.3. The first-order chi connectivity index (χ1) is 13.5. The summed E-state index contributed by atoms with van der Waals surface area (Å²) in [6.07, 6.45) is 0. The maximum atomic E-state index is 13.4. The average Bonchev–Trinajstić information content (AvgIpc) is 2.70. The average molecular weight is 395 g/mol. The Morgan fingerprint density at radius 3 is 2.21 bits per heavy atom. The van der Waals surface area contributed by atoms with Gasteiger partial charge in [-0.25, -0.2) is 4.39 Å². The molecule has 3 aromatic carbocycles. The van der Waals surface area contributed by atoms with E-state index in [9.17, 15) is 9.18 Å². The normalized spacial score (nSPS) is 11.0. The predicted molar refractivity (Wildman–Crippen MR) is 110 cm³/mol. The Morgan fingerprint density at radius 1 is 0.929 bits per heavy atom. The molecule has 0 unspecified atom stereocenters. The van der Waals surface area contributed by atoms with E-state index in [1.165, 1.54) is 12.1 Å². The Morgan fingerprint density at radius 2 is 1.57 bits per heavy atom. The van der Waals surface area contributed by atoms with E-state index in [4.69, 9.17) is 20.8 Å². The van der Waals surface area contributed by atoms with Gasteiger partial charge in [-0.3, -0.25) is 4.79 Å². The van der Waals surface area contributed by atoms with Crippen molar-refractivity contribution in [2.45, 2.75) is 6.92 Å². The molecule has 0 saturated carbocycles. The summed E-state index contributed by atoms with van der Waals surface area (Å²) in [5.74, 6) is 0.659. The standard InChI is InChI=1S/C23H16ClFO3/c1-13-19(27-2)12-11-18-21(26)20(14-5-9-17(25)10-6-14)23(28-22(13)18)15-3-7-16(24)8-4-15/h3-12H,1-2H3. The third-order valence-electron chi connectivity index (χ3n) is 4.72. The van der Waals surface area contributed by atoms with Gasteiger partial charge >= 0.3 is 0 Å². The fraction of sp³-hybridized carbons (Fsp3) is 0.0870. The summed E-state index contributed by atoms with van der Waals surface area (Å²) in [5.41, 5.74) is 2.65. The van der Waals surface area contributed by atoms with Crippen molar-refractivity contribution < 1.29 is 13.5 Å². The van der Waals surface area contributed by atoms with Gasteiger partial charge in [0.1, 0.15) is 22.9 Å². The van der Waals surface area contributed by atoms with Crippen LogP contribution in [0.2, 0.25) is 5.02 Å². The lowest BCUT2D eigenvalue weighted by molar-refractivity contribution is 0.411. The van der Waals surface area contributed by atoms with E-state index in [1.54, 1.807) is 55.6 Å². The zero-order chi connectivity index (χ0) is 19.8. The first-order valence-corrected chi connectivity index (χ1v) is 9.03. The maximum Gasteiger partial charge on any atom is 0.201 e. The predicted octanol–water partition coefficient (Wildman–Crippen LogP) is 6.24. The molecule has 0 aliphatic rings. The number of ether oxygens (including phenoxy) is 1. The van der Waals surface area contributed by atoms with Gasteiger partial charge in [0, 0.05) is 16.1 Å². The molecule has 28 heavy (non-hydrogen) atoms. The maximum absolute atomic E-state index is 13.4. The van der Waals surface area contributed by atoms with Crippen molar-refractivity contribution in [3.05, 3.63) is 87.3 Å². The number of fused-ring (bicyclic) bond motifs is 1. The van der Waals surface area contributed by atoms with E-state index >= 15 is 0 Å². The van der Waals surface area contributed by atoms with E-state index in [-0.39, 0.29) is 11.2 Å². The second-order valence-corrected chi connectivity index (χ2v) is 6.86. The number of rotatable bonds is 3. The van der Waals surface area contributed by atoms with Gasteiger partial charge in [-0.1, -0.05) is 23.7 Å². The highest BCUT2D eigenvalue weighted by atomic mass is 35.5. The molecule has 1 heterocycles. The van der Waals surface area contributed by atoms with Crippen LogP contribution in [0.3, 0.4) is 0 Å². The van der Waals surface area contributed by atoms with E-state index in [0.29, 0.717) is 44.2 Å². The van der Waals surface area contributed by atoms with Gasteiger partial charge in [0.2, 0.25) is 5.43 Å². The van der Waals surface area contributed by atoms with Gasteiger partial charge < -0.3 is 9.15 Å². The topological polar surface area (TPSA) is 39.4 Å². The third-order valence-corrected chi connectivity index (χ3v) is 4.97. The Balaban J connectivity index is 2.12. The van der Waals surface area contributed by atoms with Gasteiger partial charge in [0.05, 0.1) is 18.1 Å². The molecule has 1 aromatic heterocycles. The minimum atomic E-state index is -0.373. The summed E-state index contributed by atoms with van der Waals surface area (Å²) in [5, 5.41) is 1.02. The zero-order valence-electron chi connectivity index (χ0n) is 15.3. The van der Waals surface area contributed by atoms with Crippen LogP contribution in [-0.4, -0.2) is 7.11 Å². The molecule has 0 aliphatic carbocycles. The monoisotopic (exact) mass is 394 g/mol. The number of benzene rings is 3. The van der Waals surface area contributed by atoms with Crippen molar-refractivity contribution in [3.63, 3.8) is 0 Å². The lowest BCUT2D eigenvalue weighted by Crippen LogP contribution is -2.08. The van der Waals surface area contributed by atoms with Crippen LogP contribution in [0, 0.1) is 12.7 Å². The van der Waals surface area contributed by atoms with Crippen LogP contribution in [-0.2, 0) is 0 Å². The quantitative estimate of drug-likeness (QED) is 0.413. The molecule has 0 aliphatic heterocycles. The summed E-state index contributed by atoms with van der Waals surface area (Å²) < 4.78 is 25.0. The Labute approximate surface area is 166 Å². The van der Waals surface area contributed by atoms with Crippen molar-refractivity contribution in [2.75, 3.05) is 7.11 Å². The molecule has 0 spiro atoms. The summed E-state index contributed by atoms with van der Waals surface area (Å²) >= 11 is 6.01.